The van der Waals surface area contributed by atoms with Crippen LogP contribution in [0.25, 0.3) is 0 Å². The topological polar surface area (TPSA) is 48.4 Å². The Labute approximate surface area is 99.8 Å². The number of rotatable bonds is 3. The van der Waals surface area contributed by atoms with Gasteiger partial charge in [-0.05, 0) is 33.8 Å². The van der Waals surface area contributed by atoms with E-state index in [0.717, 1.165) is 6.07 Å². The van der Waals surface area contributed by atoms with E-state index in [2.05, 4.69) is 4.98 Å². The van der Waals surface area contributed by atoms with E-state index in [1.807, 2.05) is 0 Å². The van der Waals surface area contributed by atoms with Crippen LogP contribution in [0.2, 0.25) is 0 Å². The molecule has 0 radical (unpaired) electrons. The number of esters is 1. The molecule has 5 heteroatoms. The van der Waals surface area contributed by atoms with Gasteiger partial charge in [0.1, 0.15) is 5.60 Å². The van der Waals surface area contributed by atoms with Crippen LogP contribution in [-0.2, 0) is 4.74 Å². The van der Waals surface area contributed by atoms with Crippen LogP contribution in [0.5, 0.6) is 5.88 Å². The van der Waals surface area contributed by atoms with Crippen molar-refractivity contribution in [1.82, 2.24) is 4.98 Å². The highest BCUT2D eigenvalue weighted by molar-refractivity contribution is 5.89. The van der Waals surface area contributed by atoms with Gasteiger partial charge in [-0.1, -0.05) is 0 Å². The Morgan fingerprint density at radius 2 is 2.12 bits per heavy atom. The maximum atomic E-state index is 13.4. The van der Waals surface area contributed by atoms with Gasteiger partial charge in [0.2, 0.25) is 5.88 Å². The van der Waals surface area contributed by atoms with Crippen LogP contribution < -0.4 is 4.74 Å². The van der Waals surface area contributed by atoms with Crippen molar-refractivity contribution in [2.75, 3.05) is 6.61 Å². The van der Waals surface area contributed by atoms with Gasteiger partial charge in [-0.3, -0.25) is 0 Å². The first-order chi connectivity index (χ1) is 7.83. The minimum absolute atomic E-state index is 0.0703. The minimum atomic E-state index is -0.671. The fraction of sp³-hybridized carbons (Fsp3) is 0.500. The van der Waals surface area contributed by atoms with Crippen LogP contribution in [0.15, 0.2) is 12.3 Å². The molecule has 0 aliphatic carbocycles. The van der Waals surface area contributed by atoms with Crippen molar-refractivity contribution in [3.63, 3.8) is 0 Å². The summed E-state index contributed by atoms with van der Waals surface area (Å²) in [5, 5.41) is 0. The Morgan fingerprint density at radius 3 is 2.59 bits per heavy atom. The van der Waals surface area contributed by atoms with E-state index in [-0.39, 0.29) is 11.4 Å². The van der Waals surface area contributed by atoms with Gasteiger partial charge < -0.3 is 9.47 Å². The monoisotopic (exact) mass is 241 g/mol. The average Bonchev–Trinajstić information content (AvgIpc) is 2.18. The van der Waals surface area contributed by atoms with E-state index >= 15 is 0 Å². The van der Waals surface area contributed by atoms with E-state index in [1.54, 1.807) is 27.7 Å². The number of hydrogen-bond donors (Lipinski definition) is 0. The maximum Gasteiger partial charge on any atom is 0.340 e. The summed E-state index contributed by atoms with van der Waals surface area (Å²) in [6, 6.07) is 1.06. The third-order valence-corrected chi connectivity index (χ3v) is 1.72. The number of pyridine rings is 1. The smallest absolute Gasteiger partial charge is 0.340 e. The Hall–Kier alpha value is -1.65. The van der Waals surface area contributed by atoms with Gasteiger partial charge in [0, 0.05) is 6.20 Å². The van der Waals surface area contributed by atoms with Gasteiger partial charge in [-0.25, -0.2) is 14.2 Å². The molecule has 94 valence electrons. The van der Waals surface area contributed by atoms with Crippen molar-refractivity contribution in [1.29, 1.82) is 0 Å². The predicted molar refractivity (Wildman–Crippen MR) is 60.5 cm³/mol. The SMILES string of the molecule is CCOc1ncc(C(=O)OC(C)(C)C)cc1F. The molecule has 0 aliphatic rings. The lowest BCUT2D eigenvalue weighted by Gasteiger charge is -2.19. The predicted octanol–water partition coefficient (Wildman–Crippen LogP) is 2.57. The van der Waals surface area contributed by atoms with Gasteiger partial charge in [0.05, 0.1) is 12.2 Å². The van der Waals surface area contributed by atoms with E-state index in [9.17, 15) is 9.18 Å². The molecule has 0 spiro atoms. The third-order valence-electron chi connectivity index (χ3n) is 1.72. The Morgan fingerprint density at radius 1 is 1.47 bits per heavy atom. The highest BCUT2D eigenvalue weighted by atomic mass is 19.1. The van der Waals surface area contributed by atoms with E-state index in [1.165, 1.54) is 6.20 Å². The van der Waals surface area contributed by atoms with Gasteiger partial charge in [-0.2, -0.15) is 0 Å². The largest absolute Gasteiger partial charge is 0.476 e. The third kappa shape index (κ3) is 4.01. The molecule has 0 aliphatic heterocycles. The number of nitrogens with zero attached hydrogens (tertiary/aromatic N) is 1. The fourth-order valence-electron chi connectivity index (χ4n) is 1.12. The summed E-state index contributed by atoms with van der Waals surface area (Å²) in [4.78, 5) is 15.3. The van der Waals surface area contributed by atoms with Crippen molar-refractivity contribution >= 4 is 5.97 Å². The lowest BCUT2D eigenvalue weighted by molar-refractivity contribution is 0.00684. The van der Waals surface area contributed by atoms with Gasteiger partial charge >= 0.3 is 5.97 Å². The van der Waals surface area contributed by atoms with E-state index in [4.69, 9.17) is 9.47 Å². The first-order valence-corrected chi connectivity index (χ1v) is 5.35. The lowest BCUT2D eigenvalue weighted by Crippen LogP contribution is -2.24. The minimum Gasteiger partial charge on any atom is -0.476 e. The molecule has 0 aromatic carbocycles. The number of carbonyl (C=O) groups is 1. The van der Waals surface area contributed by atoms with Crippen LogP contribution in [0.3, 0.4) is 0 Å². The molecule has 1 aromatic heterocycles. The molecule has 4 nitrogen and oxygen atoms in total. The molecule has 0 amide bonds. The summed E-state index contributed by atoms with van der Waals surface area (Å²) in [6.07, 6.45) is 1.24. The molecular formula is C12H16FNO3. The molecule has 0 unspecified atom stereocenters. The van der Waals surface area contributed by atoms with Gasteiger partial charge in [0.15, 0.2) is 5.82 Å². The summed E-state index contributed by atoms with van der Waals surface area (Å²) in [5.41, 5.74) is -0.549. The summed E-state index contributed by atoms with van der Waals surface area (Å²) >= 11 is 0. The molecule has 0 saturated carbocycles. The summed E-state index contributed by atoms with van der Waals surface area (Å²) < 4.78 is 23.5. The molecule has 0 atom stereocenters. The summed E-state index contributed by atoms with van der Waals surface area (Å²) in [7, 11) is 0. The molecule has 1 aromatic rings. The Bertz CT molecular complexity index is 413. The number of aromatic nitrogens is 1. The van der Waals surface area contributed by atoms with Crippen molar-refractivity contribution in [3.05, 3.63) is 23.6 Å². The highest BCUT2D eigenvalue weighted by Gasteiger charge is 2.19. The second kappa shape index (κ2) is 5.12. The zero-order valence-corrected chi connectivity index (χ0v) is 10.4. The van der Waals surface area contributed by atoms with Crippen LogP contribution in [0.1, 0.15) is 38.1 Å². The molecular weight excluding hydrogens is 225 g/mol. The zero-order chi connectivity index (χ0) is 13.1. The molecule has 0 fully saturated rings. The zero-order valence-electron chi connectivity index (χ0n) is 10.4. The van der Waals surface area contributed by atoms with Crippen molar-refractivity contribution in [2.45, 2.75) is 33.3 Å². The second-order valence-corrected chi connectivity index (χ2v) is 4.45. The van der Waals surface area contributed by atoms with Gasteiger partial charge in [-0.15, -0.1) is 0 Å². The Balaban J connectivity index is 2.86. The average molecular weight is 241 g/mol. The van der Waals surface area contributed by atoms with Crippen LogP contribution >= 0.6 is 0 Å². The summed E-state index contributed by atoms with van der Waals surface area (Å²) in [6.45, 7) is 7.26. The first kappa shape index (κ1) is 13.4. The van der Waals surface area contributed by atoms with Crippen molar-refractivity contribution in [2.24, 2.45) is 0 Å². The number of carbonyl (C=O) groups excluding carboxylic acids is 1. The highest BCUT2D eigenvalue weighted by Crippen LogP contribution is 2.17. The quantitative estimate of drug-likeness (QED) is 0.763. The van der Waals surface area contributed by atoms with E-state index < -0.39 is 17.4 Å². The molecule has 1 heterocycles. The normalized spacial score (nSPS) is 11.1. The number of ether oxygens (including phenoxy) is 2. The first-order valence-electron chi connectivity index (χ1n) is 5.35. The van der Waals surface area contributed by atoms with Gasteiger partial charge in [0.25, 0.3) is 0 Å². The number of hydrogen-bond acceptors (Lipinski definition) is 4. The second-order valence-electron chi connectivity index (χ2n) is 4.45. The Kier molecular flexibility index (Phi) is 4.04. The van der Waals surface area contributed by atoms with E-state index in [0.29, 0.717) is 6.61 Å². The molecule has 0 N–H and O–H groups in total. The molecule has 17 heavy (non-hydrogen) atoms. The van der Waals surface area contributed by atoms with Crippen LogP contribution in [-0.4, -0.2) is 23.2 Å². The van der Waals surface area contributed by atoms with Crippen LogP contribution in [0, 0.1) is 5.82 Å². The molecule has 0 bridgehead atoms. The standard InChI is InChI=1S/C12H16FNO3/c1-5-16-10-9(13)6-8(7-14-10)11(15)17-12(2,3)4/h6-7H,5H2,1-4H3. The molecule has 0 saturated heterocycles. The maximum absolute atomic E-state index is 13.4. The lowest BCUT2D eigenvalue weighted by atomic mass is 10.2. The van der Waals surface area contributed by atoms with Crippen LogP contribution in [0.4, 0.5) is 4.39 Å². The number of halogens is 1. The van der Waals surface area contributed by atoms with Crippen molar-refractivity contribution in [3.8, 4) is 5.88 Å². The summed E-state index contributed by atoms with van der Waals surface area (Å²) in [5.74, 6) is -1.39. The van der Waals surface area contributed by atoms with Crippen molar-refractivity contribution < 1.29 is 18.7 Å². The fourth-order valence-corrected chi connectivity index (χ4v) is 1.12. The molecule has 1 rings (SSSR count).